The Morgan fingerprint density at radius 2 is 1.37 bits per heavy atom. The van der Waals surface area contributed by atoms with Gasteiger partial charge in [-0.25, -0.2) is 0 Å². The predicted molar refractivity (Wildman–Crippen MR) is 111 cm³/mol. The van der Waals surface area contributed by atoms with Crippen LogP contribution in [-0.4, -0.2) is 30.1 Å². The van der Waals surface area contributed by atoms with Gasteiger partial charge in [-0.1, -0.05) is 55.4 Å². The molecule has 0 aliphatic heterocycles. The second-order valence-corrected chi connectivity index (χ2v) is 11.9. The van der Waals surface area contributed by atoms with Gasteiger partial charge in [0.15, 0.2) is 0 Å². The number of aldehydes is 1. The van der Waals surface area contributed by atoms with E-state index in [0.29, 0.717) is 12.8 Å². The second kappa shape index (κ2) is 9.54. The maximum absolute atomic E-state index is 13.0. The molecule has 0 aromatic heterocycles. The Labute approximate surface area is 167 Å². The van der Waals surface area contributed by atoms with Crippen LogP contribution in [0.4, 0.5) is 0 Å². The van der Waals surface area contributed by atoms with Crippen molar-refractivity contribution >= 4 is 12.3 Å². The Morgan fingerprint density at radius 3 is 1.74 bits per heavy atom. The van der Waals surface area contributed by atoms with Crippen LogP contribution in [0.25, 0.3) is 0 Å². The highest BCUT2D eigenvalue weighted by Crippen LogP contribution is 2.41. The van der Waals surface area contributed by atoms with E-state index in [0.717, 1.165) is 19.1 Å². The van der Waals surface area contributed by atoms with Crippen molar-refractivity contribution in [2.24, 2.45) is 27.6 Å². The molecule has 0 saturated heterocycles. The van der Waals surface area contributed by atoms with E-state index in [-0.39, 0.29) is 34.9 Å². The van der Waals surface area contributed by atoms with Gasteiger partial charge in [-0.15, -0.1) is 0 Å². The molecule has 0 amide bonds. The molecule has 27 heavy (non-hydrogen) atoms. The Morgan fingerprint density at radius 1 is 0.889 bits per heavy atom. The van der Waals surface area contributed by atoms with Crippen molar-refractivity contribution in [1.82, 2.24) is 0 Å². The van der Waals surface area contributed by atoms with E-state index < -0.39 is 11.3 Å². The lowest BCUT2D eigenvalue weighted by atomic mass is 9.71. The number of esters is 1. The largest absolute Gasteiger partial charge is 0.461 e. The van der Waals surface area contributed by atoms with Gasteiger partial charge in [-0.3, -0.25) is 4.79 Å². The van der Waals surface area contributed by atoms with E-state index in [1.165, 1.54) is 0 Å². The molecule has 0 radical (unpaired) electrons. The minimum atomic E-state index is -0.574. The van der Waals surface area contributed by atoms with Crippen LogP contribution in [0.5, 0.6) is 0 Å². The smallest absolute Gasteiger partial charge is 0.311 e. The van der Waals surface area contributed by atoms with Crippen LogP contribution in [0.1, 0.15) is 94.9 Å². The quantitative estimate of drug-likeness (QED) is 0.404. The Hall–Kier alpha value is -0.900. The zero-order valence-electron chi connectivity index (χ0n) is 19.4. The second-order valence-electron chi connectivity index (χ2n) is 11.9. The zero-order chi connectivity index (χ0) is 21.7. The Bertz CT molecular complexity index is 478. The van der Waals surface area contributed by atoms with Gasteiger partial charge in [-0.2, -0.15) is 0 Å². The van der Waals surface area contributed by atoms with Crippen molar-refractivity contribution in [3.05, 3.63) is 0 Å². The van der Waals surface area contributed by atoms with Crippen molar-refractivity contribution in [2.45, 2.75) is 101 Å². The summed E-state index contributed by atoms with van der Waals surface area (Å²) in [5.41, 5.74) is -0.682. The van der Waals surface area contributed by atoms with E-state index in [9.17, 15) is 14.7 Å². The number of aliphatic hydroxyl groups is 1. The monoisotopic (exact) mass is 384 g/mol. The number of aliphatic hydroxyl groups excluding tert-OH is 1. The zero-order valence-corrected chi connectivity index (χ0v) is 19.4. The standard InChI is InChI=1S/C23H44O4/c1-20(2,3)15-22(7,8)18(12-11-17(13-24)14-25)27-19(26)23(9,10)16-21(4,5)6/h13,17-18,25H,11-12,14-16H2,1-10H3. The number of ether oxygens (including phenoxy) is 1. The summed E-state index contributed by atoms with van der Waals surface area (Å²) in [6.07, 6.45) is 3.22. The van der Waals surface area contributed by atoms with Gasteiger partial charge in [0.05, 0.1) is 12.0 Å². The molecule has 1 N–H and O–H groups in total. The molecule has 2 atom stereocenters. The average molecular weight is 385 g/mol. The number of carbonyl (C=O) groups excluding carboxylic acids is 2. The normalized spacial score (nSPS) is 16.0. The highest BCUT2D eigenvalue weighted by Gasteiger charge is 2.40. The topological polar surface area (TPSA) is 63.6 Å². The van der Waals surface area contributed by atoms with Crippen LogP contribution >= 0.6 is 0 Å². The Balaban J connectivity index is 5.45. The van der Waals surface area contributed by atoms with Gasteiger partial charge in [0.25, 0.3) is 0 Å². The average Bonchev–Trinajstić information content (AvgIpc) is 2.41. The fraction of sp³-hybridized carbons (Fsp3) is 0.913. The first-order chi connectivity index (χ1) is 11.9. The first-order valence-electron chi connectivity index (χ1n) is 10.2. The highest BCUT2D eigenvalue weighted by molar-refractivity contribution is 5.76. The molecule has 4 heteroatoms. The van der Waals surface area contributed by atoms with E-state index in [1.54, 1.807) is 0 Å². The van der Waals surface area contributed by atoms with Gasteiger partial charge < -0.3 is 14.6 Å². The number of hydrogen-bond donors (Lipinski definition) is 1. The van der Waals surface area contributed by atoms with E-state index in [1.807, 2.05) is 13.8 Å². The molecule has 0 aliphatic carbocycles. The van der Waals surface area contributed by atoms with Crippen LogP contribution in [0.15, 0.2) is 0 Å². The van der Waals surface area contributed by atoms with E-state index in [4.69, 9.17) is 4.74 Å². The molecule has 4 nitrogen and oxygen atoms in total. The van der Waals surface area contributed by atoms with Crippen molar-refractivity contribution in [1.29, 1.82) is 0 Å². The van der Waals surface area contributed by atoms with Crippen molar-refractivity contribution in [2.75, 3.05) is 6.61 Å². The van der Waals surface area contributed by atoms with Crippen molar-refractivity contribution in [3.8, 4) is 0 Å². The van der Waals surface area contributed by atoms with Gasteiger partial charge in [0.1, 0.15) is 12.4 Å². The highest BCUT2D eigenvalue weighted by atomic mass is 16.5. The molecule has 0 heterocycles. The fourth-order valence-corrected chi connectivity index (χ4v) is 4.34. The third-order valence-corrected chi connectivity index (χ3v) is 4.86. The summed E-state index contributed by atoms with van der Waals surface area (Å²) in [7, 11) is 0. The molecule has 0 saturated carbocycles. The molecule has 0 bridgehead atoms. The molecule has 160 valence electrons. The van der Waals surface area contributed by atoms with Gasteiger partial charge in [0.2, 0.25) is 0 Å². The van der Waals surface area contributed by atoms with E-state index in [2.05, 4.69) is 55.4 Å². The molecule has 0 fully saturated rings. The minimum Gasteiger partial charge on any atom is -0.461 e. The fourth-order valence-electron chi connectivity index (χ4n) is 4.34. The maximum atomic E-state index is 13.0. The summed E-state index contributed by atoms with van der Waals surface area (Å²) < 4.78 is 6.07. The molecule has 0 rings (SSSR count). The lowest BCUT2D eigenvalue weighted by molar-refractivity contribution is -0.169. The SMILES string of the molecule is CC(C)(C)CC(C)(C)C(=O)OC(CCC(C=O)CO)C(C)(C)CC(C)(C)C. The molecule has 0 aromatic carbocycles. The summed E-state index contributed by atoms with van der Waals surface area (Å²) in [6, 6.07) is 0. The lowest BCUT2D eigenvalue weighted by Gasteiger charge is -2.40. The maximum Gasteiger partial charge on any atom is 0.311 e. The molecule has 0 spiro atoms. The summed E-state index contributed by atoms with van der Waals surface area (Å²) in [5, 5.41) is 9.33. The summed E-state index contributed by atoms with van der Waals surface area (Å²) >= 11 is 0. The van der Waals surface area contributed by atoms with Gasteiger partial charge >= 0.3 is 5.97 Å². The first kappa shape index (κ1) is 26.1. The Kier molecular flexibility index (Phi) is 9.22. The lowest BCUT2D eigenvalue weighted by Crippen LogP contribution is -2.41. The van der Waals surface area contributed by atoms with Crippen LogP contribution in [0, 0.1) is 27.6 Å². The molecule has 2 unspecified atom stereocenters. The molecule has 0 aromatic rings. The molecular weight excluding hydrogens is 340 g/mol. The van der Waals surface area contributed by atoms with E-state index >= 15 is 0 Å². The van der Waals surface area contributed by atoms with Crippen molar-refractivity contribution in [3.63, 3.8) is 0 Å². The number of carbonyl (C=O) groups is 2. The molecule has 0 aliphatic rings. The predicted octanol–water partition coefficient (Wildman–Crippen LogP) is 5.41. The van der Waals surface area contributed by atoms with Crippen molar-refractivity contribution < 1.29 is 19.4 Å². The summed E-state index contributed by atoms with van der Waals surface area (Å²) in [4.78, 5) is 24.1. The third-order valence-electron chi connectivity index (χ3n) is 4.86. The third kappa shape index (κ3) is 10.3. The summed E-state index contributed by atoms with van der Waals surface area (Å²) in [6.45, 7) is 20.9. The number of rotatable bonds is 10. The minimum absolute atomic E-state index is 0.0262. The van der Waals surface area contributed by atoms with Crippen LogP contribution in [-0.2, 0) is 14.3 Å². The van der Waals surface area contributed by atoms with Crippen LogP contribution < -0.4 is 0 Å². The summed E-state index contributed by atoms with van der Waals surface area (Å²) in [5.74, 6) is -0.588. The van der Waals surface area contributed by atoms with Crippen LogP contribution in [0.2, 0.25) is 0 Å². The molecular formula is C23H44O4. The van der Waals surface area contributed by atoms with Crippen LogP contribution in [0.3, 0.4) is 0 Å². The van der Waals surface area contributed by atoms with Gasteiger partial charge in [-0.05, 0) is 50.4 Å². The van der Waals surface area contributed by atoms with Gasteiger partial charge in [0, 0.05) is 11.3 Å². The first-order valence-corrected chi connectivity index (χ1v) is 10.2. The number of hydrogen-bond acceptors (Lipinski definition) is 4.